The van der Waals surface area contributed by atoms with Crippen LogP contribution in [0.2, 0.25) is 0 Å². The van der Waals surface area contributed by atoms with Crippen LogP contribution in [-0.2, 0) is 11.2 Å². The number of carbonyl (C=O) groups excluding carboxylic acids is 1. The number of nitrogens with one attached hydrogen (secondary N) is 1. The third-order valence-electron chi connectivity index (χ3n) is 2.78. The quantitative estimate of drug-likeness (QED) is 0.902. The Hall–Kier alpha value is -2.56. The minimum Gasteiger partial charge on any atom is -0.508 e. The van der Waals surface area contributed by atoms with Crippen molar-refractivity contribution in [3.63, 3.8) is 0 Å². The molecule has 0 saturated carbocycles. The van der Waals surface area contributed by atoms with E-state index in [1.165, 1.54) is 25.3 Å². The molecular weight excluding hydrogens is 261 g/mol. The number of anilines is 1. The first-order valence-corrected chi connectivity index (χ1v) is 6.00. The lowest BCUT2D eigenvalue weighted by Crippen LogP contribution is -2.14. The highest BCUT2D eigenvalue weighted by Gasteiger charge is 2.09. The summed E-state index contributed by atoms with van der Waals surface area (Å²) in [4.78, 5) is 11.8. The molecule has 2 rings (SSSR count). The summed E-state index contributed by atoms with van der Waals surface area (Å²) >= 11 is 0. The molecule has 0 bridgehead atoms. The van der Waals surface area contributed by atoms with Gasteiger partial charge in [0.25, 0.3) is 0 Å². The number of hydrogen-bond acceptors (Lipinski definition) is 3. The molecule has 0 radical (unpaired) electrons. The maximum Gasteiger partial charge on any atom is 0.228 e. The van der Waals surface area contributed by atoms with Crippen LogP contribution in [0, 0.1) is 5.82 Å². The van der Waals surface area contributed by atoms with E-state index in [0.717, 1.165) is 0 Å². The van der Waals surface area contributed by atoms with Crippen molar-refractivity contribution in [1.29, 1.82) is 0 Å². The standard InChI is InChI=1S/C15H14FNO3/c1-20-14-7-6-11(9-12(14)16)17-15(19)8-10-4-2-3-5-13(10)18/h2-7,9,18H,8H2,1H3,(H,17,19). The Morgan fingerprint density at radius 3 is 2.70 bits per heavy atom. The highest BCUT2D eigenvalue weighted by atomic mass is 19.1. The van der Waals surface area contributed by atoms with Crippen LogP contribution in [0.15, 0.2) is 42.5 Å². The zero-order chi connectivity index (χ0) is 14.5. The second-order valence-corrected chi connectivity index (χ2v) is 4.20. The number of hydrogen-bond donors (Lipinski definition) is 2. The van der Waals surface area contributed by atoms with Gasteiger partial charge in [-0.05, 0) is 18.2 Å². The summed E-state index contributed by atoms with van der Waals surface area (Å²) in [6.07, 6.45) is 0.0142. The minimum absolute atomic E-state index is 0.0142. The molecule has 2 N–H and O–H groups in total. The molecule has 0 unspecified atom stereocenters. The van der Waals surface area contributed by atoms with Crippen LogP contribution in [0.5, 0.6) is 11.5 Å². The van der Waals surface area contributed by atoms with E-state index in [4.69, 9.17) is 4.74 Å². The summed E-state index contributed by atoms with van der Waals surface area (Å²) in [7, 11) is 1.37. The second-order valence-electron chi connectivity index (χ2n) is 4.20. The van der Waals surface area contributed by atoms with Gasteiger partial charge in [-0.1, -0.05) is 18.2 Å². The number of ether oxygens (including phenoxy) is 1. The summed E-state index contributed by atoms with van der Waals surface area (Å²) in [5.74, 6) is -0.712. The first-order chi connectivity index (χ1) is 9.60. The van der Waals surface area contributed by atoms with E-state index in [0.29, 0.717) is 11.3 Å². The smallest absolute Gasteiger partial charge is 0.228 e. The van der Waals surface area contributed by atoms with Gasteiger partial charge in [-0.25, -0.2) is 4.39 Å². The highest BCUT2D eigenvalue weighted by Crippen LogP contribution is 2.21. The fourth-order valence-corrected chi connectivity index (χ4v) is 1.78. The van der Waals surface area contributed by atoms with Gasteiger partial charge in [0.05, 0.1) is 13.5 Å². The van der Waals surface area contributed by atoms with Gasteiger partial charge < -0.3 is 15.2 Å². The van der Waals surface area contributed by atoms with Crippen molar-refractivity contribution in [2.45, 2.75) is 6.42 Å². The monoisotopic (exact) mass is 275 g/mol. The molecule has 0 atom stereocenters. The van der Waals surface area contributed by atoms with E-state index in [-0.39, 0.29) is 23.8 Å². The molecule has 104 valence electrons. The van der Waals surface area contributed by atoms with Gasteiger partial charge in [0, 0.05) is 17.3 Å². The average Bonchev–Trinajstić information content (AvgIpc) is 2.41. The number of benzene rings is 2. The number of phenolic OH excluding ortho intramolecular Hbond substituents is 1. The number of amides is 1. The fourth-order valence-electron chi connectivity index (χ4n) is 1.78. The lowest BCUT2D eigenvalue weighted by molar-refractivity contribution is -0.115. The highest BCUT2D eigenvalue weighted by molar-refractivity contribution is 5.92. The number of carbonyl (C=O) groups is 1. The van der Waals surface area contributed by atoms with Crippen molar-refractivity contribution in [3.05, 3.63) is 53.8 Å². The zero-order valence-electron chi connectivity index (χ0n) is 10.9. The molecule has 2 aromatic carbocycles. The SMILES string of the molecule is COc1ccc(NC(=O)Cc2ccccc2O)cc1F. The third-order valence-corrected chi connectivity index (χ3v) is 2.78. The Bertz CT molecular complexity index is 628. The lowest BCUT2D eigenvalue weighted by Gasteiger charge is -2.08. The number of para-hydroxylation sites is 1. The molecule has 0 aliphatic carbocycles. The fraction of sp³-hybridized carbons (Fsp3) is 0.133. The molecule has 0 saturated heterocycles. The van der Waals surface area contributed by atoms with E-state index in [2.05, 4.69) is 5.32 Å². The van der Waals surface area contributed by atoms with Gasteiger partial charge in [0.2, 0.25) is 5.91 Å². The van der Waals surface area contributed by atoms with Crippen LogP contribution in [0.3, 0.4) is 0 Å². The summed E-state index contributed by atoms with van der Waals surface area (Å²) < 4.78 is 18.3. The van der Waals surface area contributed by atoms with Crippen molar-refractivity contribution in [2.24, 2.45) is 0 Å². The number of phenols is 1. The molecule has 0 fully saturated rings. The molecule has 0 heterocycles. The summed E-state index contributed by atoms with van der Waals surface area (Å²) in [5, 5.41) is 12.1. The molecular formula is C15H14FNO3. The van der Waals surface area contributed by atoms with Crippen molar-refractivity contribution < 1.29 is 19.0 Å². The van der Waals surface area contributed by atoms with Crippen LogP contribution >= 0.6 is 0 Å². The number of methoxy groups -OCH3 is 1. The minimum atomic E-state index is -0.548. The van der Waals surface area contributed by atoms with Crippen LogP contribution in [0.4, 0.5) is 10.1 Å². The Morgan fingerprint density at radius 2 is 2.05 bits per heavy atom. The Balaban J connectivity index is 2.05. The van der Waals surface area contributed by atoms with E-state index < -0.39 is 5.82 Å². The van der Waals surface area contributed by atoms with E-state index in [1.807, 2.05) is 0 Å². The second kappa shape index (κ2) is 6.06. The molecule has 4 nitrogen and oxygen atoms in total. The predicted molar refractivity (Wildman–Crippen MR) is 73.4 cm³/mol. The van der Waals surface area contributed by atoms with Gasteiger partial charge in [-0.15, -0.1) is 0 Å². The first-order valence-electron chi connectivity index (χ1n) is 6.00. The number of halogens is 1. The van der Waals surface area contributed by atoms with Gasteiger partial charge in [-0.2, -0.15) is 0 Å². The maximum absolute atomic E-state index is 13.5. The van der Waals surface area contributed by atoms with Crippen LogP contribution < -0.4 is 10.1 Å². The Morgan fingerprint density at radius 1 is 1.30 bits per heavy atom. The van der Waals surface area contributed by atoms with E-state index >= 15 is 0 Å². The molecule has 20 heavy (non-hydrogen) atoms. The molecule has 0 aromatic heterocycles. The largest absolute Gasteiger partial charge is 0.508 e. The Labute approximate surface area is 115 Å². The average molecular weight is 275 g/mol. The van der Waals surface area contributed by atoms with Gasteiger partial charge >= 0.3 is 0 Å². The number of rotatable bonds is 4. The topological polar surface area (TPSA) is 58.6 Å². The maximum atomic E-state index is 13.5. The van der Waals surface area contributed by atoms with Gasteiger partial charge in [-0.3, -0.25) is 4.79 Å². The molecule has 5 heteroatoms. The zero-order valence-corrected chi connectivity index (χ0v) is 10.9. The van der Waals surface area contributed by atoms with Crippen molar-refractivity contribution in [3.8, 4) is 11.5 Å². The summed E-state index contributed by atoms with van der Waals surface area (Å²) in [5.41, 5.74) is 0.850. The van der Waals surface area contributed by atoms with Crippen molar-refractivity contribution in [2.75, 3.05) is 12.4 Å². The number of aromatic hydroxyl groups is 1. The summed E-state index contributed by atoms with van der Waals surface area (Å²) in [6, 6.07) is 10.7. The first kappa shape index (κ1) is 13.9. The van der Waals surface area contributed by atoms with Crippen molar-refractivity contribution >= 4 is 11.6 Å². The van der Waals surface area contributed by atoms with Crippen molar-refractivity contribution in [1.82, 2.24) is 0 Å². The predicted octanol–water partition coefficient (Wildman–Crippen LogP) is 2.72. The van der Waals surface area contributed by atoms with Gasteiger partial charge in [0.1, 0.15) is 5.75 Å². The molecule has 0 aliphatic rings. The molecule has 0 aliphatic heterocycles. The molecule has 1 amide bonds. The van der Waals surface area contributed by atoms with E-state index in [9.17, 15) is 14.3 Å². The van der Waals surface area contributed by atoms with Crippen LogP contribution in [0.25, 0.3) is 0 Å². The van der Waals surface area contributed by atoms with E-state index in [1.54, 1.807) is 24.3 Å². The lowest BCUT2D eigenvalue weighted by atomic mass is 10.1. The van der Waals surface area contributed by atoms with Crippen LogP contribution in [-0.4, -0.2) is 18.1 Å². The molecule has 2 aromatic rings. The Kier molecular flexibility index (Phi) is 4.20. The van der Waals surface area contributed by atoms with Crippen LogP contribution in [0.1, 0.15) is 5.56 Å². The van der Waals surface area contributed by atoms with Gasteiger partial charge in [0.15, 0.2) is 11.6 Å². The normalized spacial score (nSPS) is 10.1. The molecule has 0 spiro atoms. The summed E-state index contributed by atoms with van der Waals surface area (Å²) in [6.45, 7) is 0. The third kappa shape index (κ3) is 3.26.